The van der Waals surface area contributed by atoms with Gasteiger partial charge >= 0.3 is 0 Å². The highest BCUT2D eigenvalue weighted by Gasteiger charge is 2.27. The lowest BCUT2D eigenvalue weighted by Crippen LogP contribution is -2.10. The van der Waals surface area contributed by atoms with Crippen molar-refractivity contribution in [1.29, 1.82) is 0 Å². The van der Waals surface area contributed by atoms with Gasteiger partial charge in [0.15, 0.2) is 0 Å². The van der Waals surface area contributed by atoms with E-state index >= 15 is 0 Å². The van der Waals surface area contributed by atoms with Crippen LogP contribution in [-0.2, 0) is 0 Å². The average Bonchev–Trinajstić information content (AvgIpc) is 3.87. The molecule has 0 saturated heterocycles. The molecule has 0 bridgehead atoms. The minimum Gasteiger partial charge on any atom is -0.456 e. The Labute approximate surface area is 305 Å². The smallest absolute Gasteiger partial charge is 0.137 e. The third-order valence-electron chi connectivity index (χ3n) is 11.3. The molecule has 2 aromatic heterocycles. The number of aromatic nitrogens is 1. The van der Waals surface area contributed by atoms with Crippen molar-refractivity contribution in [3.05, 3.63) is 182 Å². The van der Waals surface area contributed by atoms with Crippen molar-refractivity contribution in [2.45, 2.75) is 0 Å². The van der Waals surface area contributed by atoms with Gasteiger partial charge in [-0.25, -0.2) is 0 Å². The highest BCUT2D eigenvalue weighted by atomic mass is 16.3. The number of benzene rings is 9. The zero-order valence-electron chi connectivity index (χ0n) is 28.6. The minimum atomic E-state index is 0.873. The molecule has 0 spiro atoms. The van der Waals surface area contributed by atoms with Gasteiger partial charge in [0.25, 0.3) is 0 Å². The SMILES string of the molecule is c1ccc(-n2c3ccccc3c3ccc(N(c4ccc5c(c4)-c4cccc6cc7ccccc7c-5c46)c4cccc5oc6ccccc6c45)cc32)cc1. The molecule has 1 aliphatic carbocycles. The first kappa shape index (κ1) is 28.6. The van der Waals surface area contributed by atoms with Crippen LogP contribution in [0.2, 0.25) is 0 Å². The molecule has 11 aromatic rings. The van der Waals surface area contributed by atoms with Crippen LogP contribution in [0.25, 0.3) is 93.2 Å². The van der Waals surface area contributed by atoms with E-state index in [0.717, 1.165) is 50.2 Å². The highest BCUT2D eigenvalue weighted by Crippen LogP contribution is 2.53. The van der Waals surface area contributed by atoms with Crippen molar-refractivity contribution >= 4 is 82.4 Å². The van der Waals surface area contributed by atoms with Gasteiger partial charge in [0.1, 0.15) is 11.2 Å². The second kappa shape index (κ2) is 10.7. The van der Waals surface area contributed by atoms with Gasteiger partial charge in [-0.05, 0) is 111 Å². The molecule has 0 radical (unpaired) electrons. The maximum atomic E-state index is 6.47. The van der Waals surface area contributed by atoms with Gasteiger partial charge < -0.3 is 13.9 Å². The van der Waals surface area contributed by atoms with E-state index in [-0.39, 0.29) is 0 Å². The number of nitrogens with zero attached hydrogens (tertiary/aromatic N) is 2. The van der Waals surface area contributed by atoms with E-state index < -0.39 is 0 Å². The Balaban J connectivity index is 1.16. The zero-order chi connectivity index (χ0) is 34.6. The monoisotopic (exact) mass is 674 g/mol. The van der Waals surface area contributed by atoms with E-state index in [2.05, 4.69) is 185 Å². The summed E-state index contributed by atoms with van der Waals surface area (Å²) in [7, 11) is 0. The number of para-hydroxylation sites is 3. The predicted molar refractivity (Wildman–Crippen MR) is 222 cm³/mol. The average molecular weight is 675 g/mol. The molecule has 9 aromatic carbocycles. The second-order valence-electron chi connectivity index (χ2n) is 14.1. The zero-order valence-corrected chi connectivity index (χ0v) is 28.6. The Morgan fingerprint density at radius 1 is 0.396 bits per heavy atom. The van der Waals surface area contributed by atoms with Gasteiger partial charge in [-0.15, -0.1) is 0 Å². The molecular weight excluding hydrogens is 645 g/mol. The van der Waals surface area contributed by atoms with Crippen LogP contribution in [0.15, 0.2) is 186 Å². The quantitative estimate of drug-likeness (QED) is 0.173. The Hall–Kier alpha value is -7.10. The fourth-order valence-electron chi connectivity index (χ4n) is 9.06. The predicted octanol–water partition coefficient (Wildman–Crippen LogP) is 14.1. The fourth-order valence-corrected chi connectivity index (χ4v) is 9.06. The lowest BCUT2D eigenvalue weighted by Gasteiger charge is -2.27. The summed E-state index contributed by atoms with van der Waals surface area (Å²) in [6, 6.07) is 66.0. The summed E-state index contributed by atoms with van der Waals surface area (Å²) in [6.07, 6.45) is 0. The molecule has 53 heavy (non-hydrogen) atoms. The lowest BCUT2D eigenvalue weighted by molar-refractivity contribution is 0.669. The topological polar surface area (TPSA) is 21.3 Å². The Morgan fingerprint density at radius 3 is 2.02 bits per heavy atom. The summed E-state index contributed by atoms with van der Waals surface area (Å²) < 4.78 is 8.86. The Kier molecular flexibility index (Phi) is 5.77. The summed E-state index contributed by atoms with van der Waals surface area (Å²) in [5.41, 5.74) is 13.7. The lowest BCUT2D eigenvalue weighted by atomic mass is 9.96. The number of rotatable bonds is 4. The molecule has 0 fully saturated rings. The molecule has 0 N–H and O–H groups in total. The van der Waals surface area contributed by atoms with E-state index in [4.69, 9.17) is 4.42 Å². The second-order valence-corrected chi connectivity index (χ2v) is 14.1. The van der Waals surface area contributed by atoms with Crippen molar-refractivity contribution in [2.24, 2.45) is 0 Å². The summed E-state index contributed by atoms with van der Waals surface area (Å²) in [4.78, 5) is 2.43. The van der Waals surface area contributed by atoms with Crippen LogP contribution in [-0.4, -0.2) is 4.57 Å². The van der Waals surface area contributed by atoms with E-state index in [9.17, 15) is 0 Å². The van der Waals surface area contributed by atoms with Crippen molar-refractivity contribution in [3.8, 4) is 27.9 Å². The summed E-state index contributed by atoms with van der Waals surface area (Å²) >= 11 is 0. The summed E-state index contributed by atoms with van der Waals surface area (Å²) in [5, 5.41) is 9.85. The molecule has 0 unspecified atom stereocenters. The molecule has 0 atom stereocenters. The van der Waals surface area contributed by atoms with Gasteiger partial charge in [-0.1, -0.05) is 115 Å². The molecule has 12 rings (SSSR count). The van der Waals surface area contributed by atoms with Gasteiger partial charge in [0.2, 0.25) is 0 Å². The fraction of sp³-hybridized carbons (Fsp3) is 0. The number of anilines is 3. The first-order valence-corrected chi connectivity index (χ1v) is 18.2. The van der Waals surface area contributed by atoms with Crippen molar-refractivity contribution in [2.75, 3.05) is 4.90 Å². The van der Waals surface area contributed by atoms with E-state index in [0.29, 0.717) is 0 Å². The molecule has 246 valence electrons. The first-order valence-electron chi connectivity index (χ1n) is 18.2. The standard InChI is InChI=1S/C50H30N2O/c1-2-14-33(15-3-1)52-43-20-8-6-17-37(43)38-26-24-35(30-45(38)52)51(44-21-11-23-47-50(44)41-18-7-9-22-46(41)53-47)34-25-27-40-42(29-34)39-19-10-13-32-28-31-12-4-5-16-36(31)49(40)48(32)39/h1-30H. The van der Waals surface area contributed by atoms with E-state index in [1.807, 2.05) is 6.07 Å². The van der Waals surface area contributed by atoms with Crippen molar-refractivity contribution in [1.82, 2.24) is 4.57 Å². The number of fused-ring (bicyclic) bond motifs is 11. The number of furan rings is 1. The van der Waals surface area contributed by atoms with Gasteiger partial charge in [0.05, 0.1) is 22.1 Å². The summed E-state index contributed by atoms with van der Waals surface area (Å²) in [5.74, 6) is 0. The Morgan fingerprint density at radius 2 is 1.09 bits per heavy atom. The molecule has 0 amide bonds. The van der Waals surface area contributed by atoms with Crippen LogP contribution < -0.4 is 4.90 Å². The minimum absolute atomic E-state index is 0.873. The molecule has 1 aliphatic rings. The van der Waals surface area contributed by atoms with Crippen LogP contribution >= 0.6 is 0 Å². The highest BCUT2D eigenvalue weighted by molar-refractivity contribution is 6.24. The van der Waals surface area contributed by atoms with Gasteiger partial charge in [-0.2, -0.15) is 0 Å². The third kappa shape index (κ3) is 3.99. The summed E-state index contributed by atoms with van der Waals surface area (Å²) in [6.45, 7) is 0. The number of hydrogen-bond donors (Lipinski definition) is 0. The third-order valence-corrected chi connectivity index (χ3v) is 11.3. The van der Waals surface area contributed by atoms with Crippen molar-refractivity contribution < 1.29 is 4.42 Å². The van der Waals surface area contributed by atoms with Crippen LogP contribution in [0, 0.1) is 0 Å². The van der Waals surface area contributed by atoms with Gasteiger partial charge in [0, 0.05) is 33.2 Å². The largest absolute Gasteiger partial charge is 0.456 e. The molecule has 0 aliphatic heterocycles. The maximum absolute atomic E-state index is 6.47. The van der Waals surface area contributed by atoms with E-state index in [1.54, 1.807) is 0 Å². The first-order chi connectivity index (χ1) is 26.3. The van der Waals surface area contributed by atoms with Crippen molar-refractivity contribution in [3.63, 3.8) is 0 Å². The van der Waals surface area contributed by atoms with E-state index in [1.165, 1.54) is 60.1 Å². The Bertz CT molecular complexity index is 3290. The van der Waals surface area contributed by atoms with Crippen LogP contribution in [0.1, 0.15) is 0 Å². The normalized spacial score (nSPS) is 12.2. The molecular formula is C50H30N2O. The maximum Gasteiger partial charge on any atom is 0.137 e. The molecule has 3 nitrogen and oxygen atoms in total. The number of hydrogen-bond acceptors (Lipinski definition) is 2. The van der Waals surface area contributed by atoms with Crippen LogP contribution in [0.5, 0.6) is 0 Å². The van der Waals surface area contributed by atoms with Crippen LogP contribution in [0.3, 0.4) is 0 Å². The molecule has 2 heterocycles. The van der Waals surface area contributed by atoms with Crippen LogP contribution in [0.4, 0.5) is 17.1 Å². The van der Waals surface area contributed by atoms with Gasteiger partial charge in [-0.3, -0.25) is 0 Å². The molecule has 0 saturated carbocycles. The molecule has 3 heteroatoms.